The molecule has 0 radical (unpaired) electrons. The highest BCUT2D eigenvalue weighted by Gasteiger charge is 2.14. The minimum Gasteiger partial charge on any atom is -0.277 e. The van der Waals surface area contributed by atoms with E-state index < -0.39 is 6.55 Å². The number of thioether (sulfide) groups is 1. The Balaban J connectivity index is 2.07. The van der Waals surface area contributed by atoms with Crippen molar-refractivity contribution in [2.75, 3.05) is 0 Å². The number of alkyl halides is 2. The van der Waals surface area contributed by atoms with Crippen LogP contribution in [0.25, 0.3) is 0 Å². The smallest absolute Gasteiger partial charge is 0.277 e. The number of aromatic amines is 1. The zero-order valence-electron chi connectivity index (χ0n) is 10.9. The highest BCUT2D eigenvalue weighted by atomic mass is 32.2. The number of hydrogen-bond acceptors (Lipinski definition) is 4. The lowest BCUT2D eigenvalue weighted by Crippen LogP contribution is -2.17. The van der Waals surface area contributed by atoms with E-state index >= 15 is 0 Å². The number of hydrogen-bond donors (Lipinski definition) is 1. The molecule has 0 aromatic carbocycles. The van der Waals surface area contributed by atoms with Gasteiger partial charge in [-0.1, -0.05) is 25.1 Å². The Morgan fingerprint density at radius 1 is 1.50 bits per heavy atom. The third-order valence-electron chi connectivity index (χ3n) is 2.75. The van der Waals surface area contributed by atoms with Gasteiger partial charge in [0.25, 0.3) is 0 Å². The molecule has 0 unspecified atom stereocenters. The van der Waals surface area contributed by atoms with Crippen molar-refractivity contribution in [1.29, 1.82) is 0 Å². The van der Waals surface area contributed by atoms with E-state index in [1.165, 1.54) is 28.7 Å². The van der Waals surface area contributed by atoms with Crippen LogP contribution in [0.3, 0.4) is 0 Å². The van der Waals surface area contributed by atoms with Crippen LogP contribution in [0, 0.1) is 0 Å². The Labute approximate surface area is 118 Å². The molecule has 0 saturated heterocycles. The molecular weight excluding hydrogens is 288 g/mol. The maximum Gasteiger partial charge on any atom is 0.343 e. The molecule has 0 aliphatic carbocycles. The van der Waals surface area contributed by atoms with Gasteiger partial charge in [0.2, 0.25) is 0 Å². The van der Waals surface area contributed by atoms with Crippen molar-refractivity contribution < 1.29 is 8.78 Å². The van der Waals surface area contributed by atoms with E-state index in [1.807, 2.05) is 6.92 Å². The standard InChI is InChI=1S/C11H15F2N5OS/c1-2-3-5-18-10(19)15-16-11(18)20-7-8-14-4-6-17(8)9(12)13/h4,6,9H,2-3,5,7H2,1H3,(H,15,19). The monoisotopic (exact) mass is 303 g/mol. The second-order valence-electron chi connectivity index (χ2n) is 4.13. The average molecular weight is 303 g/mol. The predicted octanol–water partition coefficient (Wildman–Crippen LogP) is 2.26. The molecule has 2 heterocycles. The Bertz CT molecular complexity index is 606. The van der Waals surface area contributed by atoms with Gasteiger partial charge in [0.15, 0.2) is 5.16 Å². The number of imidazole rings is 1. The molecule has 0 saturated carbocycles. The third kappa shape index (κ3) is 3.27. The number of nitrogens with one attached hydrogen (secondary N) is 1. The molecule has 20 heavy (non-hydrogen) atoms. The van der Waals surface area contributed by atoms with Gasteiger partial charge in [-0.2, -0.15) is 8.78 Å². The minimum atomic E-state index is -2.62. The largest absolute Gasteiger partial charge is 0.343 e. The summed E-state index contributed by atoms with van der Waals surface area (Å²) in [6.45, 7) is -0.0240. The van der Waals surface area contributed by atoms with Gasteiger partial charge in [0.1, 0.15) is 5.82 Å². The molecular formula is C11H15F2N5OS. The summed E-state index contributed by atoms with van der Waals surface area (Å²) in [6, 6.07) is 0. The number of halogens is 2. The lowest BCUT2D eigenvalue weighted by atomic mass is 10.3. The fourth-order valence-electron chi connectivity index (χ4n) is 1.69. The van der Waals surface area contributed by atoms with E-state index in [0.717, 1.165) is 17.4 Å². The Morgan fingerprint density at radius 3 is 3.00 bits per heavy atom. The van der Waals surface area contributed by atoms with Gasteiger partial charge in [0.05, 0.1) is 5.75 Å². The molecule has 2 aromatic heterocycles. The fourth-order valence-corrected chi connectivity index (χ4v) is 2.61. The summed E-state index contributed by atoms with van der Waals surface area (Å²) in [4.78, 5) is 15.5. The molecule has 9 heteroatoms. The van der Waals surface area contributed by atoms with Gasteiger partial charge >= 0.3 is 12.2 Å². The van der Waals surface area contributed by atoms with E-state index in [9.17, 15) is 13.6 Å². The summed E-state index contributed by atoms with van der Waals surface area (Å²) in [5.74, 6) is 0.482. The molecule has 0 atom stereocenters. The van der Waals surface area contributed by atoms with Crippen molar-refractivity contribution in [1.82, 2.24) is 24.3 Å². The first-order valence-corrected chi connectivity index (χ1v) is 7.20. The number of nitrogens with zero attached hydrogens (tertiary/aromatic N) is 4. The quantitative estimate of drug-likeness (QED) is 0.797. The van der Waals surface area contributed by atoms with Gasteiger partial charge in [-0.3, -0.25) is 9.13 Å². The number of unbranched alkanes of at least 4 members (excludes halogenated alkanes) is 1. The van der Waals surface area contributed by atoms with Crippen LogP contribution in [-0.4, -0.2) is 24.3 Å². The lowest BCUT2D eigenvalue weighted by molar-refractivity contribution is 0.0678. The molecule has 110 valence electrons. The maximum atomic E-state index is 12.7. The van der Waals surface area contributed by atoms with Crippen LogP contribution in [0.1, 0.15) is 32.1 Å². The second kappa shape index (κ2) is 6.69. The van der Waals surface area contributed by atoms with Gasteiger partial charge in [-0.15, -0.1) is 5.10 Å². The van der Waals surface area contributed by atoms with Crippen LogP contribution in [0.5, 0.6) is 0 Å². The van der Waals surface area contributed by atoms with E-state index in [-0.39, 0.29) is 17.3 Å². The summed E-state index contributed by atoms with van der Waals surface area (Å²) >= 11 is 1.21. The van der Waals surface area contributed by atoms with Gasteiger partial charge in [-0.05, 0) is 6.42 Å². The van der Waals surface area contributed by atoms with Crippen molar-refractivity contribution in [3.8, 4) is 0 Å². The molecule has 6 nitrogen and oxygen atoms in total. The molecule has 0 aliphatic rings. The first kappa shape index (κ1) is 14.8. The van der Waals surface area contributed by atoms with E-state index in [2.05, 4.69) is 15.2 Å². The van der Waals surface area contributed by atoms with Crippen LogP contribution in [0.2, 0.25) is 0 Å². The summed E-state index contributed by atoms with van der Waals surface area (Å²) < 4.78 is 27.7. The number of H-pyrrole nitrogens is 1. The SMILES string of the molecule is CCCCn1c(SCc2nccn2C(F)F)n[nH]c1=O. The molecule has 0 amide bonds. The third-order valence-corrected chi connectivity index (χ3v) is 3.72. The first-order chi connectivity index (χ1) is 9.63. The Kier molecular flexibility index (Phi) is 4.94. The van der Waals surface area contributed by atoms with Crippen molar-refractivity contribution in [2.24, 2.45) is 0 Å². The summed E-state index contributed by atoms with van der Waals surface area (Å²) in [6.07, 6.45) is 4.38. The Morgan fingerprint density at radius 2 is 2.30 bits per heavy atom. The summed E-state index contributed by atoms with van der Waals surface area (Å²) in [5, 5.41) is 6.77. The summed E-state index contributed by atoms with van der Waals surface area (Å²) in [7, 11) is 0. The van der Waals surface area contributed by atoms with E-state index in [1.54, 1.807) is 0 Å². The van der Waals surface area contributed by atoms with Crippen molar-refractivity contribution in [2.45, 2.75) is 43.8 Å². The molecule has 0 fully saturated rings. The van der Waals surface area contributed by atoms with Crippen LogP contribution in [0.4, 0.5) is 8.78 Å². The van der Waals surface area contributed by atoms with E-state index in [0.29, 0.717) is 11.7 Å². The topological polar surface area (TPSA) is 68.5 Å². The maximum absolute atomic E-state index is 12.7. The van der Waals surface area contributed by atoms with Gasteiger partial charge in [0, 0.05) is 18.9 Å². The zero-order valence-corrected chi connectivity index (χ0v) is 11.7. The van der Waals surface area contributed by atoms with Crippen LogP contribution in [-0.2, 0) is 12.3 Å². The lowest BCUT2D eigenvalue weighted by Gasteiger charge is -2.06. The van der Waals surface area contributed by atoms with Gasteiger partial charge in [-0.25, -0.2) is 14.9 Å². The van der Waals surface area contributed by atoms with Crippen molar-refractivity contribution in [3.05, 3.63) is 28.7 Å². The molecule has 0 aliphatic heterocycles. The second-order valence-corrected chi connectivity index (χ2v) is 5.08. The molecule has 2 aromatic rings. The average Bonchev–Trinajstić information content (AvgIpc) is 3.01. The highest BCUT2D eigenvalue weighted by Crippen LogP contribution is 2.21. The molecule has 2 rings (SSSR count). The Hall–Kier alpha value is -1.64. The van der Waals surface area contributed by atoms with Crippen molar-refractivity contribution >= 4 is 11.8 Å². The van der Waals surface area contributed by atoms with Crippen LogP contribution in [0.15, 0.2) is 22.3 Å². The predicted molar refractivity (Wildman–Crippen MR) is 70.8 cm³/mol. The molecule has 1 N–H and O–H groups in total. The number of aromatic nitrogens is 5. The van der Waals surface area contributed by atoms with Crippen molar-refractivity contribution in [3.63, 3.8) is 0 Å². The first-order valence-electron chi connectivity index (χ1n) is 6.21. The fraction of sp³-hybridized carbons (Fsp3) is 0.545. The van der Waals surface area contributed by atoms with Gasteiger partial charge < -0.3 is 0 Å². The van der Waals surface area contributed by atoms with E-state index in [4.69, 9.17) is 0 Å². The van der Waals surface area contributed by atoms with Crippen LogP contribution < -0.4 is 5.69 Å². The number of rotatable bonds is 7. The normalized spacial score (nSPS) is 11.4. The van der Waals surface area contributed by atoms with Crippen LogP contribution >= 0.6 is 11.8 Å². The minimum absolute atomic E-state index is 0.230. The molecule has 0 spiro atoms. The molecule has 0 bridgehead atoms. The summed E-state index contributed by atoms with van der Waals surface area (Å²) in [5.41, 5.74) is -0.279. The highest BCUT2D eigenvalue weighted by molar-refractivity contribution is 7.98. The zero-order chi connectivity index (χ0) is 14.5.